The van der Waals surface area contributed by atoms with Crippen LogP contribution < -0.4 is 24.0 Å². The van der Waals surface area contributed by atoms with E-state index in [1.807, 2.05) is 0 Å². The average Bonchev–Trinajstić information content (AvgIpc) is 2.87. The number of nitrogens with one attached hydrogen (secondary N) is 1. The lowest BCUT2D eigenvalue weighted by atomic mass is 10.2. The van der Waals surface area contributed by atoms with Gasteiger partial charge < -0.3 is 14.8 Å². The second kappa shape index (κ2) is 8.91. The van der Waals surface area contributed by atoms with E-state index in [1.54, 1.807) is 24.3 Å². The van der Waals surface area contributed by atoms with Crippen molar-refractivity contribution in [1.82, 2.24) is 0 Å². The Morgan fingerprint density at radius 3 is 2.49 bits per heavy atom. The van der Waals surface area contributed by atoms with Gasteiger partial charge in [0.15, 0.2) is 11.5 Å². The van der Waals surface area contributed by atoms with Crippen molar-refractivity contribution >= 4 is 38.9 Å². The third-order valence-electron chi connectivity index (χ3n) is 5.57. The minimum absolute atomic E-state index is 0.0874. The van der Waals surface area contributed by atoms with Gasteiger partial charge in [-0.2, -0.15) is 0 Å². The van der Waals surface area contributed by atoms with Crippen LogP contribution >= 0.6 is 0 Å². The van der Waals surface area contributed by atoms with Gasteiger partial charge in [-0.1, -0.05) is 12.1 Å². The zero-order chi connectivity index (χ0) is 24.6. The molecule has 9 nitrogen and oxygen atoms in total. The molecule has 0 spiro atoms. The van der Waals surface area contributed by atoms with Crippen molar-refractivity contribution < 1.29 is 31.9 Å². The minimum Gasteiger partial charge on any atom is -0.486 e. The van der Waals surface area contributed by atoms with Crippen molar-refractivity contribution in [3.05, 3.63) is 72.5 Å². The van der Waals surface area contributed by atoms with Gasteiger partial charge in [-0.05, 0) is 48.5 Å². The van der Waals surface area contributed by atoms with Crippen LogP contribution in [0.4, 0.5) is 21.5 Å². The molecule has 2 heterocycles. The lowest BCUT2D eigenvalue weighted by Crippen LogP contribution is -2.48. The fourth-order valence-corrected chi connectivity index (χ4v) is 5.33. The summed E-state index contributed by atoms with van der Waals surface area (Å²) < 4.78 is 52.9. The Balaban J connectivity index is 1.53. The van der Waals surface area contributed by atoms with Gasteiger partial charge in [-0.15, -0.1) is 0 Å². The highest BCUT2D eigenvalue weighted by molar-refractivity contribution is 7.92. The van der Waals surface area contributed by atoms with Crippen molar-refractivity contribution in [2.45, 2.75) is 4.90 Å². The van der Waals surface area contributed by atoms with E-state index >= 15 is 0 Å². The fourth-order valence-electron chi connectivity index (χ4n) is 3.90. The average molecular weight is 498 g/mol. The topological polar surface area (TPSA) is 105 Å². The molecule has 1 N–H and O–H groups in total. The summed E-state index contributed by atoms with van der Waals surface area (Å²) in [5.74, 6) is -0.906. The zero-order valence-electron chi connectivity index (χ0n) is 18.3. The maximum absolute atomic E-state index is 13.7. The number of para-hydroxylation sites is 2. The molecule has 180 valence electrons. The molecule has 3 aromatic carbocycles. The summed E-state index contributed by atoms with van der Waals surface area (Å²) in [6.07, 6.45) is 0. The second-order valence-electron chi connectivity index (χ2n) is 7.84. The molecule has 0 saturated carbocycles. The van der Waals surface area contributed by atoms with Crippen LogP contribution in [0.3, 0.4) is 0 Å². The van der Waals surface area contributed by atoms with Gasteiger partial charge >= 0.3 is 0 Å². The van der Waals surface area contributed by atoms with Crippen LogP contribution in [-0.2, 0) is 19.6 Å². The molecular formula is C24H20FN3O6S. The van der Waals surface area contributed by atoms with Crippen LogP contribution in [0.5, 0.6) is 11.5 Å². The predicted molar refractivity (Wildman–Crippen MR) is 126 cm³/mol. The quantitative estimate of drug-likeness (QED) is 0.581. The number of sulfonamides is 1. The third kappa shape index (κ3) is 4.37. The number of nitrogens with zero attached hydrogens (tertiary/aromatic N) is 2. The number of rotatable bonds is 5. The number of carbonyl (C=O) groups excluding carboxylic acids is 2. The molecule has 0 fully saturated rings. The monoisotopic (exact) mass is 497 g/mol. The predicted octanol–water partition coefficient (Wildman–Crippen LogP) is 2.78. The van der Waals surface area contributed by atoms with Crippen LogP contribution in [-0.4, -0.2) is 46.5 Å². The summed E-state index contributed by atoms with van der Waals surface area (Å²) in [6.45, 7) is -0.269. The smallest absolute Gasteiger partial charge is 0.264 e. The highest BCUT2D eigenvalue weighted by atomic mass is 32.2. The van der Waals surface area contributed by atoms with E-state index in [2.05, 4.69) is 5.32 Å². The van der Waals surface area contributed by atoms with Crippen LogP contribution in [0.2, 0.25) is 0 Å². The van der Waals surface area contributed by atoms with E-state index in [9.17, 15) is 22.4 Å². The number of hydrogen-bond acceptors (Lipinski definition) is 6. The second-order valence-corrected chi connectivity index (χ2v) is 9.70. The first kappa shape index (κ1) is 22.7. The van der Waals surface area contributed by atoms with Crippen molar-refractivity contribution in [3.63, 3.8) is 0 Å². The maximum atomic E-state index is 13.7. The Labute approximate surface area is 200 Å². The van der Waals surface area contributed by atoms with Crippen molar-refractivity contribution in [1.29, 1.82) is 0 Å². The van der Waals surface area contributed by atoms with E-state index in [1.165, 1.54) is 35.2 Å². The van der Waals surface area contributed by atoms with Gasteiger partial charge in [0.2, 0.25) is 11.8 Å². The number of fused-ring (bicyclic) bond motifs is 2. The first-order chi connectivity index (χ1) is 16.8. The molecule has 2 amide bonds. The lowest BCUT2D eigenvalue weighted by molar-refractivity contribution is -0.121. The molecule has 5 rings (SSSR count). The number of carbonyl (C=O) groups is 2. The molecule has 3 aromatic rings. The first-order valence-corrected chi connectivity index (χ1v) is 12.1. The fraction of sp³-hybridized carbons (Fsp3) is 0.167. The Hall–Kier alpha value is -4.12. The number of halogens is 1. The number of hydrogen-bond donors (Lipinski definition) is 1. The summed E-state index contributed by atoms with van der Waals surface area (Å²) in [5, 5.41) is 2.69. The van der Waals surface area contributed by atoms with Gasteiger partial charge in [0.05, 0.1) is 22.0 Å². The molecule has 35 heavy (non-hydrogen) atoms. The highest BCUT2D eigenvalue weighted by Gasteiger charge is 2.33. The summed E-state index contributed by atoms with van der Waals surface area (Å²) in [4.78, 5) is 26.7. The number of benzene rings is 3. The van der Waals surface area contributed by atoms with E-state index in [4.69, 9.17) is 9.47 Å². The van der Waals surface area contributed by atoms with Crippen LogP contribution in [0.25, 0.3) is 0 Å². The van der Waals surface area contributed by atoms with E-state index in [0.717, 1.165) is 16.4 Å². The molecule has 0 aromatic heterocycles. The molecule has 0 unspecified atom stereocenters. The van der Waals surface area contributed by atoms with E-state index < -0.39 is 34.2 Å². The molecule has 11 heteroatoms. The Morgan fingerprint density at radius 2 is 1.71 bits per heavy atom. The van der Waals surface area contributed by atoms with Crippen LogP contribution in [0.15, 0.2) is 71.6 Å². The van der Waals surface area contributed by atoms with Gasteiger partial charge in [0.1, 0.15) is 32.1 Å². The van der Waals surface area contributed by atoms with Crippen molar-refractivity contribution in [3.8, 4) is 11.5 Å². The minimum atomic E-state index is -4.30. The highest BCUT2D eigenvalue weighted by Crippen LogP contribution is 2.35. The van der Waals surface area contributed by atoms with Gasteiger partial charge in [0.25, 0.3) is 10.0 Å². The van der Waals surface area contributed by atoms with Gasteiger partial charge in [0, 0.05) is 6.07 Å². The number of anilines is 3. The first-order valence-electron chi connectivity index (χ1n) is 10.7. The summed E-state index contributed by atoms with van der Waals surface area (Å²) >= 11 is 0. The molecule has 2 aliphatic heterocycles. The molecule has 2 aliphatic rings. The largest absolute Gasteiger partial charge is 0.486 e. The Kier molecular flexibility index (Phi) is 5.77. The maximum Gasteiger partial charge on any atom is 0.264 e. The molecule has 0 radical (unpaired) electrons. The molecule has 0 bridgehead atoms. The summed E-state index contributed by atoms with van der Waals surface area (Å²) in [6, 6.07) is 15.7. The van der Waals surface area contributed by atoms with E-state index in [-0.39, 0.29) is 29.5 Å². The molecule has 0 atom stereocenters. The summed E-state index contributed by atoms with van der Waals surface area (Å²) in [7, 11) is -4.30. The van der Waals surface area contributed by atoms with Crippen molar-refractivity contribution in [2.24, 2.45) is 0 Å². The molecule has 0 saturated heterocycles. The Bertz CT molecular complexity index is 1410. The van der Waals surface area contributed by atoms with Crippen molar-refractivity contribution in [2.75, 3.05) is 40.8 Å². The van der Waals surface area contributed by atoms with Gasteiger partial charge in [-0.3, -0.25) is 18.8 Å². The van der Waals surface area contributed by atoms with Crippen LogP contribution in [0, 0.1) is 5.82 Å². The molecule has 0 aliphatic carbocycles. The van der Waals surface area contributed by atoms with Crippen LogP contribution in [0.1, 0.15) is 0 Å². The summed E-state index contributed by atoms with van der Waals surface area (Å²) in [5.41, 5.74) is 0.984. The number of ether oxygens (including phenoxy) is 2. The standard InChI is InChI=1S/C24H20FN3O6S/c25-16-5-7-17(8-6-16)28(35(31,32)18-9-10-21-22(13-18)34-12-11-33-21)15-24(30)27-14-23(29)26-19-3-1-2-4-20(19)27/h1-10,13H,11-12,14-15H2,(H,26,29). The molecular weight excluding hydrogens is 477 g/mol. The van der Waals surface area contributed by atoms with Gasteiger partial charge in [-0.25, -0.2) is 12.8 Å². The Morgan fingerprint density at radius 1 is 1.00 bits per heavy atom. The third-order valence-corrected chi connectivity index (χ3v) is 7.34. The van der Waals surface area contributed by atoms with E-state index in [0.29, 0.717) is 23.7 Å². The zero-order valence-corrected chi connectivity index (χ0v) is 19.1. The lowest BCUT2D eigenvalue weighted by Gasteiger charge is -2.32. The normalized spacial score (nSPS) is 14.7. The number of amides is 2. The SMILES string of the molecule is O=C1CN(C(=O)CN(c2ccc(F)cc2)S(=O)(=O)c2ccc3c(c2)OCCO3)c2ccccc2N1.